The van der Waals surface area contributed by atoms with Gasteiger partial charge in [0, 0.05) is 25.6 Å². The zero-order valence-electron chi connectivity index (χ0n) is 12.5. The van der Waals surface area contributed by atoms with E-state index in [1.165, 1.54) is 11.6 Å². The van der Waals surface area contributed by atoms with E-state index in [1.807, 2.05) is 35.3 Å². The van der Waals surface area contributed by atoms with Crippen LogP contribution in [0, 0.1) is 0 Å². The highest BCUT2D eigenvalue weighted by molar-refractivity contribution is 5.94. The Kier molecular flexibility index (Phi) is 4.09. The molecule has 114 valence electrons. The van der Waals surface area contributed by atoms with Crippen molar-refractivity contribution in [3.8, 4) is 0 Å². The van der Waals surface area contributed by atoms with Gasteiger partial charge in [0.2, 0.25) is 11.8 Å². The first-order valence-electron chi connectivity index (χ1n) is 7.64. The molecule has 0 saturated carbocycles. The predicted molar refractivity (Wildman–Crippen MR) is 85.2 cm³/mol. The molecular formula is C18H20N2O2. The lowest BCUT2D eigenvalue weighted by atomic mass is 9.99. The third kappa shape index (κ3) is 2.69. The molecule has 2 atom stereocenters. The Bertz CT molecular complexity index is 609. The predicted octanol–water partition coefficient (Wildman–Crippen LogP) is 1.96. The van der Waals surface area contributed by atoms with E-state index < -0.39 is 6.04 Å². The maximum Gasteiger partial charge on any atom is 0.249 e. The van der Waals surface area contributed by atoms with Crippen molar-refractivity contribution < 1.29 is 9.59 Å². The molecular weight excluding hydrogens is 276 g/mol. The summed E-state index contributed by atoms with van der Waals surface area (Å²) in [6, 6.07) is 9.82. The van der Waals surface area contributed by atoms with E-state index in [1.54, 1.807) is 4.90 Å². The van der Waals surface area contributed by atoms with Gasteiger partial charge in [0.1, 0.15) is 6.04 Å². The molecule has 2 heterocycles. The second-order valence-corrected chi connectivity index (χ2v) is 5.75. The summed E-state index contributed by atoms with van der Waals surface area (Å²) in [6.07, 6.45) is 5.93. The molecule has 0 bridgehead atoms. The van der Waals surface area contributed by atoms with Gasteiger partial charge in [-0.25, -0.2) is 0 Å². The smallest absolute Gasteiger partial charge is 0.249 e. The van der Waals surface area contributed by atoms with E-state index in [9.17, 15) is 9.59 Å². The lowest BCUT2D eigenvalue weighted by Crippen LogP contribution is -2.46. The van der Waals surface area contributed by atoms with Crippen molar-refractivity contribution in [3.63, 3.8) is 0 Å². The highest BCUT2D eigenvalue weighted by Crippen LogP contribution is 2.28. The van der Waals surface area contributed by atoms with Crippen LogP contribution in [0.5, 0.6) is 0 Å². The van der Waals surface area contributed by atoms with E-state index in [0.29, 0.717) is 12.5 Å². The van der Waals surface area contributed by atoms with Crippen LogP contribution in [0.3, 0.4) is 0 Å². The molecule has 0 aliphatic carbocycles. The van der Waals surface area contributed by atoms with Crippen molar-refractivity contribution >= 4 is 11.8 Å². The van der Waals surface area contributed by atoms with Crippen LogP contribution < -0.4 is 0 Å². The number of carbonyl (C=O) groups is 2. The standard InChI is InChI=1S/C18H20N2O2/c1-2-17(21)20-11-6-9-16(20)18(22)19-12-10-15(13-19)14-7-4-3-5-8-14/h2-9,15-16H,1,10-13H2/t15?,16-/m0/s1. The van der Waals surface area contributed by atoms with Crippen molar-refractivity contribution in [2.75, 3.05) is 19.6 Å². The molecule has 1 aromatic rings. The first kappa shape index (κ1) is 14.6. The molecule has 1 aromatic carbocycles. The van der Waals surface area contributed by atoms with E-state index >= 15 is 0 Å². The number of carbonyl (C=O) groups excluding carboxylic acids is 2. The minimum Gasteiger partial charge on any atom is -0.340 e. The number of rotatable bonds is 3. The van der Waals surface area contributed by atoms with Crippen LogP contribution in [-0.2, 0) is 9.59 Å². The summed E-state index contributed by atoms with van der Waals surface area (Å²) in [5.74, 6) is 0.212. The van der Waals surface area contributed by atoms with Crippen LogP contribution in [-0.4, -0.2) is 47.3 Å². The minimum absolute atomic E-state index is 0.0161. The SMILES string of the molecule is C=CC(=O)N1CC=C[C@H]1C(=O)N1CCC(c2ccccc2)C1. The van der Waals surface area contributed by atoms with Crippen molar-refractivity contribution in [3.05, 3.63) is 60.7 Å². The van der Waals surface area contributed by atoms with Gasteiger partial charge in [-0.05, 0) is 18.1 Å². The van der Waals surface area contributed by atoms with Gasteiger partial charge in [-0.1, -0.05) is 49.1 Å². The van der Waals surface area contributed by atoms with Crippen molar-refractivity contribution in [2.45, 2.75) is 18.4 Å². The maximum atomic E-state index is 12.7. The van der Waals surface area contributed by atoms with Crippen molar-refractivity contribution in [2.24, 2.45) is 0 Å². The second kappa shape index (κ2) is 6.18. The highest BCUT2D eigenvalue weighted by Gasteiger charge is 2.35. The molecule has 1 saturated heterocycles. The molecule has 0 spiro atoms. The fourth-order valence-corrected chi connectivity index (χ4v) is 3.23. The maximum absolute atomic E-state index is 12.7. The number of hydrogen-bond donors (Lipinski definition) is 0. The first-order valence-corrected chi connectivity index (χ1v) is 7.64. The van der Waals surface area contributed by atoms with Crippen LogP contribution in [0.25, 0.3) is 0 Å². The zero-order chi connectivity index (χ0) is 15.5. The minimum atomic E-state index is -0.472. The Morgan fingerprint density at radius 2 is 2.00 bits per heavy atom. The van der Waals surface area contributed by atoms with Crippen molar-refractivity contribution in [1.82, 2.24) is 9.80 Å². The third-order valence-corrected chi connectivity index (χ3v) is 4.44. The van der Waals surface area contributed by atoms with E-state index in [2.05, 4.69) is 18.7 Å². The van der Waals surface area contributed by atoms with Gasteiger partial charge in [-0.2, -0.15) is 0 Å². The van der Waals surface area contributed by atoms with Crippen LogP contribution in [0.15, 0.2) is 55.1 Å². The molecule has 2 aliphatic rings. The lowest BCUT2D eigenvalue weighted by Gasteiger charge is -2.27. The molecule has 1 unspecified atom stereocenters. The van der Waals surface area contributed by atoms with Gasteiger partial charge in [0.05, 0.1) is 0 Å². The fourth-order valence-electron chi connectivity index (χ4n) is 3.23. The monoisotopic (exact) mass is 296 g/mol. The normalized spacial score (nSPS) is 23.8. The zero-order valence-corrected chi connectivity index (χ0v) is 12.5. The molecule has 2 amide bonds. The lowest BCUT2D eigenvalue weighted by molar-refractivity contribution is -0.139. The number of amides is 2. The molecule has 4 heteroatoms. The largest absolute Gasteiger partial charge is 0.340 e. The number of nitrogens with zero attached hydrogens (tertiary/aromatic N) is 2. The molecule has 3 rings (SSSR count). The first-order chi connectivity index (χ1) is 10.7. The Balaban J connectivity index is 1.68. The van der Waals surface area contributed by atoms with Crippen LogP contribution in [0.1, 0.15) is 17.9 Å². The fraction of sp³-hybridized carbons (Fsp3) is 0.333. The number of hydrogen-bond acceptors (Lipinski definition) is 2. The number of likely N-dealkylation sites (tertiary alicyclic amines) is 1. The molecule has 0 radical (unpaired) electrons. The van der Waals surface area contributed by atoms with E-state index in [-0.39, 0.29) is 11.8 Å². The molecule has 0 N–H and O–H groups in total. The highest BCUT2D eigenvalue weighted by atomic mass is 16.2. The van der Waals surface area contributed by atoms with Gasteiger partial charge in [0.25, 0.3) is 0 Å². The second-order valence-electron chi connectivity index (χ2n) is 5.75. The van der Waals surface area contributed by atoms with Crippen LogP contribution in [0.2, 0.25) is 0 Å². The Labute approximate surface area is 130 Å². The quantitative estimate of drug-likeness (QED) is 0.632. The van der Waals surface area contributed by atoms with Crippen LogP contribution in [0.4, 0.5) is 0 Å². The van der Waals surface area contributed by atoms with E-state index in [4.69, 9.17) is 0 Å². The topological polar surface area (TPSA) is 40.6 Å². The number of benzene rings is 1. The van der Waals surface area contributed by atoms with Gasteiger partial charge in [-0.15, -0.1) is 0 Å². The summed E-state index contributed by atoms with van der Waals surface area (Å²) in [7, 11) is 0. The third-order valence-electron chi connectivity index (χ3n) is 4.44. The van der Waals surface area contributed by atoms with Gasteiger partial charge in [-0.3, -0.25) is 9.59 Å². The summed E-state index contributed by atoms with van der Waals surface area (Å²) >= 11 is 0. The van der Waals surface area contributed by atoms with Crippen LogP contribution >= 0.6 is 0 Å². The molecule has 4 nitrogen and oxygen atoms in total. The average molecular weight is 296 g/mol. The Hall–Kier alpha value is -2.36. The van der Waals surface area contributed by atoms with Gasteiger partial charge >= 0.3 is 0 Å². The van der Waals surface area contributed by atoms with Gasteiger partial charge in [0.15, 0.2) is 0 Å². The summed E-state index contributed by atoms with van der Waals surface area (Å²) in [4.78, 5) is 28.0. The van der Waals surface area contributed by atoms with Gasteiger partial charge < -0.3 is 9.80 Å². The molecule has 2 aliphatic heterocycles. The summed E-state index contributed by atoms with van der Waals surface area (Å²) in [6.45, 7) is 5.46. The summed E-state index contributed by atoms with van der Waals surface area (Å²) in [5, 5.41) is 0. The molecule has 22 heavy (non-hydrogen) atoms. The summed E-state index contributed by atoms with van der Waals surface area (Å²) in [5.41, 5.74) is 1.28. The van der Waals surface area contributed by atoms with E-state index in [0.717, 1.165) is 19.5 Å². The molecule has 0 aromatic heterocycles. The average Bonchev–Trinajstić information content (AvgIpc) is 3.23. The molecule has 1 fully saturated rings. The van der Waals surface area contributed by atoms with Crippen molar-refractivity contribution in [1.29, 1.82) is 0 Å². The Morgan fingerprint density at radius 3 is 2.73 bits per heavy atom. The Morgan fingerprint density at radius 1 is 1.23 bits per heavy atom. The summed E-state index contributed by atoms with van der Waals surface area (Å²) < 4.78 is 0.